The molecule has 128 valence electrons. The molecule has 3 aromatic rings. The number of rotatable bonds is 3. The van der Waals surface area contributed by atoms with E-state index in [1.54, 1.807) is 0 Å². The zero-order valence-corrected chi connectivity index (χ0v) is 13.1. The highest BCUT2D eigenvalue weighted by molar-refractivity contribution is 7.14. The number of anilines is 1. The largest absolute Gasteiger partial charge is 0.417 e. The zero-order valence-electron chi connectivity index (χ0n) is 12.3. The molecule has 0 spiro atoms. The second-order valence-electron chi connectivity index (χ2n) is 4.80. The monoisotopic (exact) mass is 366 g/mol. The molecular formula is C15H9F3N4O2S. The number of hydrogen-bond acceptors (Lipinski definition) is 5. The van der Waals surface area contributed by atoms with Gasteiger partial charge in [0.25, 0.3) is 11.5 Å². The molecular weight excluding hydrogens is 357 g/mol. The Balaban J connectivity index is 1.88. The van der Waals surface area contributed by atoms with Gasteiger partial charge in [-0.15, -0.1) is 11.3 Å². The van der Waals surface area contributed by atoms with Crippen molar-refractivity contribution in [3.63, 3.8) is 0 Å². The Kier molecular flexibility index (Phi) is 4.36. The average Bonchev–Trinajstić information content (AvgIpc) is 3.03. The minimum absolute atomic E-state index is 0.0574. The molecule has 0 saturated heterocycles. The lowest BCUT2D eigenvalue weighted by atomic mass is 10.1. The maximum Gasteiger partial charge on any atom is 0.417 e. The summed E-state index contributed by atoms with van der Waals surface area (Å²) in [5, 5.41) is 3.80. The number of nitrogens with one attached hydrogen (secondary N) is 2. The highest BCUT2D eigenvalue weighted by atomic mass is 32.1. The van der Waals surface area contributed by atoms with E-state index in [4.69, 9.17) is 0 Å². The number of aromatic amines is 1. The van der Waals surface area contributed by atoms with Crippen molar-refractivity contribution in [2.45, 2.75) is 6.18 Å². The third-order valence-electron chi connectivity index (χ3n) is 3.16. The lowest BCUT2D eigenvalue weighted by Gasteiger charge is -2.10. The predicted octanol–water partition coefficient (Wildman–Crippen LogP) is 3.16. The summed E-state index contributed by atoms with van der Waals surface area (Å²) in [6.45, 7) is 0. The molecule has 0 fully saturated rings. The summed E-state index contributed by atoms with van der Waals surface area (Å²) in [4.78, 5) is 33.5. The standard InChI is InChI=1S/C15H9F3N4O2S/c16-15(17,18)9-4-2-1-3-8(9)10-7-25-14(21-10)22-13(24)11-12(23)20-6-5-19-11/h1-7H,(H,20,23)(H,21,22,24). The Morgan fingerprint density at radius 1 is 1.24 bits per heavy atom. The van der Waals surface area contributed by atoms with E-state index in [0.717, 1.165) is 17.4 Å². The number of halogens is 3. The first-order valence-electron chi connectivity index (χ1n) is 6.83. The molecule has 0 saturated carbocycles. The van der Waals surface area contributed by atoms with Gasteiger partial charge in [0.2, 0.25) is 0 Å². The van der Waals surface area contributed by atoms with Gasteiger partial charge in [-0.1, -0.05) is 18.2 Å². The third-order valence-corrected chi connectivity index (χ3v) is 3.91. The number of alkyl halides is 3. The molecule has 0 unspecified atom stereocenters. The van der Waals surface area contributed by atoms with Crippen molar-refractivity contribution >= 4 is 22.4 Å². The van der Waals surface area contributed by atoms with Gasteiger partial charge in [-0.3, -0.25) is 14.9 Å². The van der Waals surface area contributed by atoms with E-state index in [1.165, 1.54) is 36.0 Å². The Hall–Kier alpha value is -3.01. The summed E-state index contributed by atoms with van der Waals surface area (Å²) in [5.41, 5.74) is -1.89. The molecule has 0 aliphatic heterocycles. The first kappa shape index (κ1) is 16.8. The molecule has 1 aromatic carbocycles. The summed E-state index contributed by atoms with van der Waals surface area (Å²) in [5.74, 6) is -0.799. The van der Waals surface area contributed by atoms with Crippen LogP contribution in [0.1, 0.15) is 16.1 Å². The van der Waals surface area contributed by atoms with Gasteiger partial charge in [-0.2, -0.15) is 13.2 Å². The van der Waals surface area contributed by atoms with Crippen LogP contribution in [0.15, 0.2) is 46.8 Å². The fourth-order valence-electron chi connectivity index (χ4n) is 2.08. The molecule has 6 nitrogen and oxygen atoms in total. The minimum atomic E-state index is -4.52. The summed E-state index contributed by atoms with van der Waals surface area (Å²) in [7, 11) is 0. The minimum Gasteiger partial charge on any atom is -0.326 e. The van der Waals surface area contributed by atoms with Crippen LogP contribution in [0.2, 0.25) is 0 Å². The molecule has 2 aromatic heterocycles. The van der Waals surface area contributed by atoms with E-state index in [1.807, 2.05) is 0 Å². The van der Waals surface area contributed by atoms with Gasteiger partial charge >= 0.3 is 6.18 Å². The molecule has 2 N–H and O–H groups in total. The smallest absolute Gasteiger partial charge is 0.326 e. The second-order valence-corrected chi connectivity index (χ2v) is 5.66. The topological polar surface area (TPSA) is 87.7 Å². The molecule has 1 amide bonds. The maximum atomic E-state index is 13.1. The Morgan fingerprint density at radius 3 is 2.72 bits per heavy atom. The van der Waals surface area contributed by atoms with Crippen LogP contribution < -0.4 is 10.9 Å². The number of amides is 1. The number of nitrogens with zero attached hydrogens (tertiary/aromatic N) is 2. The highest BCUT2D eigenvalue weighted by Crippen LogP contribution is 2.37. The van der Waals surface area contributed by atoms with E-state index >= 15 is 0 Å². The van der Waals surface area contributed by atoms with E-state index in [0.29, 0.717) is 0 Å². The SMILES string of the molecule is O=C(Nc1nc(-c2ccccc2C(F)(F)F)cs1)c1ncc[nH]c1=O. The number of H-pyrrole nitrogens is 1. The Morgan fingerprint density at radius 2 is 2.00 bits per heavy atom. The van der Waals surface area contributed by atoms with Crippen LogP contribution >= 0.6 is 11.3 Å². The van der Waals surface area contributed by atoms with Crippen LogP contribution in [0, 0.1) is 0 Å². The molecule has 10 heteroatoms. The first-order chi connectivity index (χ1) is 11.9. The molecule has 2 heterocycles. The van der Waals surface area contributed by atoms with Gasteiger partial charge < -0.3 is 4.98 Å². The Bertz CT molecular complexity index is 981. The summed E-state index contributed by atoms with van der Waals surface area (Å²) < 4.78 is 39.2. The van der Waals surface area contributed by atoms with Crippen molar-refractivity contribution in [1.29, 1.82) is 0 Å². The fourth-order valence-corrected chi connectivity index (χ4v) is 2.78. The van der Waals surface area contributed by atoms with Crippen LogP contribution in [-0.2, 0) is 6.18 Å². The van der Waals surface area contributed by atoms with Crippen LogP contribution in [0.3, 0.4) is 0 Å². The summed E-state index contributed by atoms with van der Waals surface area (Å²) >= 11 is 0.942. The van der Waals surface area contributed by atoms with Crippen molar-refractivity contribution in [2.24, 2.45) is 0 Å². The van der Waals surface area contributed by atoms with Gasteiger partial charge in [-0.25, -0.2) is 9.97 Å². The number of thiazole rings is 1. The van der Waals surface area contributed by atoms with E-state index in [2.05, 4.69) is 20.3 Å². The van der Waals surface area contributed by atoms with Crippen LogP contribution in [-0.4, -0.2) is 20.9 Å². The summed E-state index contributed by atoms with van der Waals surface area (Å²) in [6.07, 6.45) is -2.01. The number of hydrogen-bond donors (Lipinski definition) is 2. The number of carbonyl (C=O) groups excluding carboxylic acids is 1. The number of carbonyl (C=O) groups is 1. The van der Waals surface area contributed by atoms with Gasteiger partial charge in [0.15, 0.2) is 10.8 Å². The van der Waals surface area contributed by atoms with Gasteiger partial charge in [0, 0.05) is 23.3 Å². The first-order valence-corrected chi connectivity index (χ1v) is 7.71. The number of benzene rings is 1. The molecule has 0 bridgehead atoms. The fraction of sp³-hybridized carbons (Fsp3) is 0.0667. The third kappa shape index (κ3) is 3.58. The van der Waals surface area contributed by atoms with Gasteiger partial charge in [0.1, 0.15) is 0 Å². The van der Waals surface area contributed by atoms with Crippen molar-refractivity contribution in [3.8, 4) is 11.3 Å². The molecule has 25 heavy (non-hydrogen) atoms. The van der Waals surface area contributed by atoms with Gasteiger partial charge in [-0.05, 0) is 6.07 Å². The van der Waals surface area contributed by atoms with Crippen molar-refractivity contribution < 1.29 is 18.0 Å². The lowest BCUT2D eigenvalue weighted by molar-refractivity contribution is -0.137. The molecule has 0 aliphatic carbocycles. The van der Waals surface area contributed by atoms with Crippen molar-refractivity contribution in [1.82, 2.24) is 15.0 Å². The molecule has 0 radical (unpaired) electrons. The summed E-state index contributed by atoms with van der Waals surface area (Å²) in [6, 6.07) is 5.01. The van der Waals surface area contributed by atoms with Crippen LogP contribution in [0.25, 0.3) is 11.3 Å². The highest BCUT2D eigenvalue weighted by Gasteiger charge is 2.33. The van der Waals surface area contributed by atoms with E-state index in [9.17, 15) is 22.8 Å². The Labute approximate surface area is 142 Å². The van der Waals surface area contributed by atoms with Crippen LogP contribution in [0.5, 0.6) is 0 Å². The lowest BCUT2D eigenvalue weighted by Crippen LogP contribution is -2.24. The quantitative estimate of drug-likeness (QED) is 0.745. The number of aromatic nitrogens is 3. The zero-order chi connectivity index (χ0) is 18.0. The van der Waals surface area contributed by atoms with Gasteiger partial charge in [0.05, 0.1) is 11.3 Å². The molecule has 0 atom stereocenters. The van der Waals surface area contributed by atoms with Crippen molar-refractivity contribution in [2.75, 3.05) is 5.32 Å². The predicted molar refractivity (Wildman–Crippen MR) is 85.4 cm³/mol. The van der Waals surface area contributed by atoms with Crippen LogP contribution in [0.4, 0.5) is 18.3 Å². The normalized spacial score (nSPS) is 11.3. The second kappa shape index (κ2) is 6.48. The molecule has 0 aliphatic rings. The van der Waals surface area contributed by atoms with Crippen molar-refractivity contribution in [3.05, 3.63) is 63.7 Å². The maximum absolute atomic E-state index is 13.1. The molecule has 3 rings (SSSR count). The van der Waals surface area contributed by atoms with E-state index < -0.39 is 23.2 Å². The van der Waals surface area contributed by atoms with E-state index in [-0.39, 0.29) is 22.1 Å². The average molecular weight is 366 g/mol.